The number of likely N-dealkylation sites (tertiary alicyclic amines) is 1. The zero-order chi connectivity index (χ0) is 19.6. The van der Waals surface area contributed by atoms with E-state index in [4.69, 9.17) is 9.47 Å². The Morgan fingerprint density at radius 2 is 1.78 bits per heavy atom. The van der Waals surface area contributed by atoms with Crippen LogP contribution in [0.25, 0.3) is 10.8 Å². The van der Waals surface area contributed by atoms with Crippen molar-refractivity contribution in [3.05, 3.63) is 39.9 Å². The van der Waals surface area contributed by atoms with Crippen molar-refractivity contribution in [2.45, 2.75) is 26.7 Å². The Kier molecular flexibility index (Phi) is 5.48. The molecule has 1 aliphatic rings. The van der Waals surface area contributed by atoms with E-state index in [9.17, 15) is 14.9 Å². The number of hydrogen-bond acceptors (Lipinski definition) is 5. The van der Waals surface area contributed by atoms with E-state index in [0.29, 0.717) is 47.9 Å². The molecule has 0 atom stereocenters. The van der Waals surface area contributed by atoms with E-state index in [1.807, 2.05) is 13.8 Å². The van der Waals surface area contributed by atoms with Crippen LogP contribution < -0.4 is 9.47 Å². The molecule has 2 aromatic rings. The van der Waals surface area contributed by atoms with Gasteiger partial charge in [0.25, 0.3) is 11.6 Å². The number of nitro groups is 1. The Balaban J connectivity index is 2.09. The molecule has 27 heavy (non-hydrogen) atoms. The first kappa shape index (κ1) is 18.9. The number of carbonyl (C=O) groups excluding carboxylic acids is 1. The molecule has 0 spiro atoms. The summed E-state index contributed by atoms with van der Waals surface area (Å²) in [6, 6.07) is 6.52. The Morgan fingerprint density at radius 3 is 2.37 bits per heavy atom. The molecule has 144 valence electrons. The van der Waals surface area contributed by atoms with Crippen LogP contribution in [0.2, 0.25) is 0 Å². The first-order chi connectivity index (χ1) is 12.9. The second-order valence-electron chi connectivity index (χ2n) is 7.18. The van der Waals surface area contributed by atoms with Gasteiger partial charge in [-0.3, -0.25) is 14.9 Å². The van der Waals surface area contributed by atoms with Gasteiger partial charge in [-0.1, -0.05) is 13.8 Å². The van der Waals surface area contributed by atoms with Gasteiger partial charge in [-0.05, 0) is 47.7 Å². The third-order valence-corrected chi connectivity index (χ3v) is 4.63. The van der Waals surface area contributed by atoms with Crippen molar-refractivity contribution in [2.24, 2.45) is 5.92 Å². The number of ether oxygens (including phenoxy) is 2. The molecule has 0 unspecified atom stereocenters. The molecule has 0 aliphatic carbocycles. The molecule has 3 rings (SSSR count). The highest BCUT2D eigenvalue weighted by atomic mass is 16.6. The average molecular weight is 372 g/mol. The van der Waals surface area contributed by atoms with Crippen molar-refractivity contribution >= 4 is 22.4 Å². The van der Waals surface area contributed by atoms with Crippen LogP contribution in [0.15, 0.2) is 24.3 Å². The van der Waals surface area contributed by atoms with Gasteiger partial charge in [-0.25, -0.2) is 0 Å². The van der Waals surface area contributed by atoms with Gasteiger partial charge in [0.15, 0.2) is 11.5 Å². The van der Waals surface area contributed by atoms with Crippen molar-refractivity contribution in [3.63, 3.8) is 0 Å². The van der Waals surface area contributed by atoms with Crippen molar-refractivity contribution in [1.29, 1.82) is 0 Å². The second kappa shape index (κ2) is 7.82. The number of methoxy groups -OCH3 is 1. The topological polar surface area (TPSA) is 81.9 Å². The van der Waals surface area contributed by atoms with Crippen LogP contribution in [0.1, 0.15) is 37.0 Å². The third-order valence-electron chi connectivity index (χ3n) is 4.63. The van der Waals surface area contributed by atoms with E-state index in [2.05, 4.69) is 0 Å². The molecule has 0 bridgehead atoms. The smallest absolute Gasteiger partial charge is 0.282 e. The zero-order valence-electron chi connectivity index (χ0n) is 15.9. The number of carbonyl (C=O) groups is 1. The lowest BCUT2D eigenvalue weighted by Gasteiger charge is -2.17. The summed E-state index contributed by atoms with van der Waals surface area (Å²) in [5.74, 6) is 1.12. The third kappa shape index (κ3) is 3.97. The normalized spacial score (nSPS) is 14.0. The number of hydrogen-bond donors (Lipinski definition) is 0. The largest absolute Gasteiger partial charge is 0.493 e. The number of benzene rings is 2. The molecule has 1 fully saturated rings. The minimum Gasteiger partial charge on any atom is -0.493 e. The van der Waals surface area contributed by atoms with Crippen molar-refractivity contribution in [1.82, 2.24) is 4.90 Å². The maximum atomic E-state index is 12.8. The van der Waals surface area contributed by atoms with Crippen LogP contribution in [0, 0.1) is 16.0 Å². The summed E-state index contributed by atoms with van der Waals surface area (Å²) in [7, 11) is 1.53. The SMILES string of the molecule is COc1cc2cc([N+](=O)[O-])c(C(=O)N3CCCC3)cc2cc1OCC(C)C. The number of nitrogens with zero attached hydrogens (tertiary/aromatic N) is 2. The van der Waals surface area contributed by atoms with Gasteiger partial charge in [0.2, 0.25) is 0 Å². The molecule has 2 aromatic carbocycles. The van der Waals surface area contributed by atoms with Crippen molar-refractivity contribution in [2.75, 3.05) is 26.8 Å². The molecule has 0 N–H and O–H groups in total. The van der Waals surface area contributed by atoms with Crippen molar-refractivity contribution < 1.29 is 19.2 Å². The standard InChI is InChI=1S/C20H24N2O5/c1-13(2)12-27-19-11-14-8-16(20(23)21-6-4-5-7-21)17(22(24)25)9-15(14)10-18(19)26-3/h8-11,13H,4-7,12H2,1-3H3. The maximum Gasteiger partial charge on any atom is 0.282 e. The van der Waals surface area contributed by atoms with Gasteiger partial charge >= 0.3 is 0 Å². The number of nitro benzene ring substituents is 1. The molecule has 1 saturated heterocycles. The Bertz CT molecular complexity index is 872. The zero-order valence-corrected chi connectivity index (χ0v) is 15.9. The highest BCUT2D eigenvalue weighted by molar-refractivity contribution is 6.03. The minimum absolute atomic E-state index is 0.120. The van der Waals surface area contributed by atoms with Gasteiger partial charge in [-0.15, -0.1) is 0 Å². The highest BCUT2D eigenvalue weighted by Crippen LogP contribution is 2.36. The Labute approximate surface area is 158 Å². The summed E-state index contributed by atoms with van der Waals surface area (Å²) in [4.78, 5) is 25.5. The molecule has 7 heteroatoms. The van der Waals surface area contributed by atoms with Crippen LogP contribution in [0.3, 0.4) is 0 Å². The van der Waals surface area contributed by atoms with Crippen LogP contribution in [-0.2, 0) is 0 Å². The summed E-state index contributed by atoms with van der Waals surface area (Å²) in [6.45, 7) is 5.89. The van der Waals surface area contributed by atoms with Crippen LogP contribution in [-0.4, -0.2) is 42.5 Å². The summed E-state index contributed by atoms with van der Waals surface area (Å²) in [5, 5.41) is 12.9. The Morgan fingerprint density at radius 1 is 1.15 bits per heavy atom. The van der Waals surface area contributed by atoms with E-state index < -0.39 is 4.92 Å². The fourth-order valence-corrected chi connectivity index (χ4v) is 3.24. The lowest BCUT2D eigenvalue weighted by molar-refractivity contribution is -0.385. The van der Waals surface area contributed by atoms with Gasteiger partial charge in [0.1, 0.15) is 5.56 Å². The highest BCUT2D eigenvalue weighted by Gasteiger charge is 2.27. The molecule has 1 amide bonds. The molecular weight excluding hydrogens is 348 g/mol. The molecule has 1 aliphatic heterocycles. The van der Waals surface area contributed by atoms with Gasteiger partial charge in [-0.2, -0.15) is 0 Å². The minimum atomic E-state index is -0.502. The maximum absolute atomic E-state index is 12.8. The fourth-order valence-electron chi connectivity index (χ4n) is 3.24. The van der Waals surface area contributed by atoms with E-state index in [1.165, 1.54) is 13.2 Å². The molecule has 0 aromatic heterocycles. The van der Waals surface area contributed by atoms with Gasteiger partial charge < -0.3 is 14.4 Å². The summed E-state index contributed by atoms with van der Waals surface area (Å²) in [6.07, 6.45) is 1.86. The Hall–Kier alpha value is -2.83. The van der Waals surface area contributed by atoms with Crippen LogP contribution >= 0.6 is 0 Å². The van der Waals surface area contributed by atoms with E-state index in [-0.39, 0.29) is 17.2 Å². The number of fused-ring (bicyclic) bond motifs is 1. The van der Waals surface area contributed by atoms with Crippen LogP contribution in [0.4, 0.5) is 5.69 Å². The first-order valence-corrected chi connectivity index (χ1v) is 9.13. The lowest BCUT2D eigenvalue weighted by atomic mass is 10.0. The van der Waals surface area contributed by atoms with Gasteiger partial charge in [0.05, 0.1) is 18.6 Å². The lowest BCUT2D eigenvalue weighted by Crippen LogP contribution is -2.28. The van der Waals surface area contributed by atoms with Gasteiger partial charge in [0, 0.05) is 19.2 Å². The second-order valence-corrected chi connectivity index (χ2v) is 7.18. The molecule has 0 radical (unpaired) electrons. The predicted octanol–water partition coefficient (Wildman–Crippen LogP) is 4.03. The number of amides is 1. The predicted molar refractivity (Wildman–Crippen MR) is 103 cm³/mol. The van der Waals surface area contributed by atoms with E-state index >= 15 is 0 Å². The number of rotatable bonds is 6. The molecule has 0 saturated carbocycles. The van der Waals surface area contributed by atoms with E-state index in [1.54, 1.807) is 23.1 Å². The van der Waals surface area contributed by atoms with Crippen molar-refractivity contribution in [3.8, 4) is 11.5 Å². The fraction of sp³-hybridized carbons (Fsp3) is 0.450. The quantitative estimate of drug-likeness (QED) is 0.565. The molecule has 1 heterocycles. The summed E-state index contributed by atoms with van der Waals surface area (Å²) >= 11 is 0. The molecular formula is C20H24N2O5. The summed E-state index contributed by atoms with van der Waals surface area (Å²) < 4.78 is 11.2. The van der Waals surface area contributed by atoms with Crippen LogP contribution in [0.5, 0.6) is 11.5 Å². The van der Waals surface area contributed by atoms with E-state index in [0.717, 1.165) is 12.8 Å². The summed E-state index contributed by atoms with van der Waals surface area (Å²) in [5.41, 5.74) is -0.0633. The average Bonchev–Trinajstić information content (AvgIpc) is 3.18. The first-order valence-electron chi connectivity index (χ1n) is 9.13. The molecule has 7 nitrogen and oxygen atoms in total. The monoisotopic (exact) mass is 372 g/mol.